The number of thioether (sulfide) groups is 1. The highest BCUT2D eigenvalue weighted by molar-refractivity contribution is 7.99. The van der Waals surface area contributed by atoms with Crippen LogP contribution in [0.15, 0.2) is 102 Å². The second kappa shape index (κ2) is 11.8. The van der Waals surface area contributed by atoms with E-state index in [1.54, 1.807) is 0 Å². The SMILES string of the molecule is Bc1ccc(C(CCSc2ccc(OCC(=O)O)c(C)c2)c2ccc(-c3ccccc3)cc2)cc1. The van der Waals surface area contributed by atoms with Crippen molar-refractivity contribution in [2.45, 2.75) is 24.2 Å². The Bertz CT molecular complexity index is 1260. The van der Waals surface area contributed by atoms with Gasteiger partial charge >= 0.3 is 5.97 Å². The number of benzene rings is 4. The molecule has 1 atom stereocenters. The van der Waals surface area contributed by atoms with Gasteiger partial charge in [0.1, 0.15) is 13.6 Å². The van der Waals surface area contributed by atoms with E-state index in [0.29, 0.717) is 11.7 Å². The molecule has 0 aliphatic heterocycles. The van der Waals surface area contributed by atoms with Gasteiger partial charge in [-0.2, -0.15) is 0 Å². The van der Waals surface area contributed by atoms with Crippen molar-refractivity contribution in [2.24, 2.45) is 0 Å². The van der Waals surface area contributed by atoms with Crippen LogP contribution in [-0.4, -0.2) is 31.3 Å². The number of ether oxygens (including phenoxy) is 1. The molecule has 3 nitrogen and oxygen atoms in total. The van der Waals surface area contributed by atoms with Crippen molar-refractivity contribution in [1.82, 2.24) is 0 Å². The Morgan fingerprint density at radius 3 is 2.14 bits per heavy atom. The molecule has 35 heavy (non-hydrogen) atoms. The Morgan fingerprint density at radius 2 is 1.51 bits per heavy atom. The van der Waals surface area contributed by atoms with Crippen LogP contribution in [0.1, 0.15) is 29.0 Å². The van der Waals surface area contributed by atoms with E-state index < -0.39 is 5.97 Å². The minimum absolute atomic E-state index is 0.312. The number of aliphatic carboxylic acids is 1. The number of aryl methyl sites for hydroxylation is 1. The Balaban J connectivity index is 1.47. The zero-order chi connectivity index (χ0) is 24.6. The molecule has 0 spiro atoms. The van der Waals surface area contributed by atoms with E-state index in [9.17, 15) is 4.79 Å². The van der Waals surface area contributed by atoms with Crippen LogP contribution in [0.25, 0.3) is 11.1 Å². The van der Waals surface area contributed by atoms with Crippen molar-refractivity contribution in [3.05, 3.63) is 114 Å². The molecule has 0 amide bonds. The molecule has 0 heterocycles. The van der Waals surface area contributed by atoms with Crippen molar-refractivity contribution < 1.29 is 14.6 Å². The third-order valence-electron chi connectivity index (χ3n) is 6.07. The van der Waals surface area contributed by atoms with Crippen LogP contribution in [0.4, 0.5) is 0 Å². The largest absolute Gasteiger partial charge is 0.482 e. The number of rotatable bonds is 10. The molecular formula is C30H29BO3S. The van der Waals surface area contributed by atoms with Gasteiger partial charge in [0.2, 0.25) is 0 Å². The van der Waals surface area contributed by atoms with Gasteiger partial charge in [0.15, 0.2) is 6.61 Å². The number of hydrogen-bond acceptors (Lipinski definition) is 3. The summed E-state index contributed by atoms with van der Waals surface area (Å²) in [6.45, 7) is 1.62. The Labute approximate surface area is 212 Å². The first-order valence-electron chi connectivity index (χ1n) is 11.8. The van der Waals surface area contributed by atoms with E-state index in [-0.39, 0.29) is 6.61 Å². The second-order valence-electron chi connectivity index (χ2n) is 8.70. The molecule has 0 saturated heterocycles. The van der Waals surface area contributed by atoms with Crippen molar-refractivity contribution >= 4 is 31.0 Å². The van der Waals surface area contributed by atoms with Gasteiger partial charge in [0, 0.05) is 10.8 Å². The monoisotopic (exact) mass is 480 g/mol. The normalized spacial score (nSPS) is 11.7. The van der Waals surface area contributed by atoms with Crippen LogP contribution in [0.2, 0.25) is 0 Å². The highest BCUT2D eigenvalue weighted by Crippen LogP contribution is 2.33. The highest BCUT2D eigenvalue weighted by Gasteiger charge is 2.15. The van der Waals surface area contributed by atoms with Crippen LogP contribution >= 0.6 is 11.8 Å². The van der Waals surface area contributed by atoms with Crippen molar-refractivity contribution in [3.8, 4) is 16.9 Å². The number of hydrogen-bond donors (Lipinski definition) is 1. The Hall–Kier alpha value is -3.44. The summed E-state index contributed by atoms with van der Waals surface area (Å²) in [7, 11) is 2.12. The predicted molar refractivity (Wildman–Crippen MR) is 148 cm³/mol. The molecular weight excluding hydrogens is 451 g/mol. The molecule has 176 valence electrons. The Morgan fingerprint density at radius 1 is 0.886 bits per heavy atom. The molecule has 0 fully saturated rings. The lowest BCUT2D eigenvalue weighted by molar-refractivity contribution is -0.139. The van der Waals surface area contributed by atoms with Gasteiger partial charge in [0.25, 0.3) is 0 Å². The molecule has 4 aromatic carbocycles. The quantitative estimate of drug-likeness (QED) is 0.234. The number of carbonyl (C=O) groups is 1. The van der Waals surface area contributed by atoms with Gasteiger partial charge in [-0.15, -0.1) is 11.8 Å². The molecule has 1 unspecified atom stereocenters. The minimum atomic E-state index is -0.971. The molecule has 0 bridgehead atoms. The van der Waals surface area contributed by atoms with E-state index in [1.165, 1.54) is 27.7 Å². The molecule has 4 rings (SSSR count). The predicted octanol–water partition coefficient (Wildman–Crippen LogP) is 5.70. The summed E-state index contributed by atoms with van der Waals surface area (Å²) in [6.07, 6.45) is 1.01. The van der Waals surface area contributed by atoms with Crippen LogP contribution < -0.4 is 10.2 Å². The highest BCUT2D eigenvalue weighted by atomic mass is 32.2. The van der Waals surface area contributed by atoms with Gasteiger partial charge in [-0.1, -0.05) is 84.3 Å². The fraction of sp³-hybridized carbons (Fsp3) is 0.167. The minimum Gasteiger partial charge on any atom is -0.482 e. The van der Waals surface area contributed by atoms with E-state index in [0.717, 1.165) is 22.6 Å². The fourth-order valence-corrected chi connectivity index (χ4v) is 5.18. The van der Waals surface area contributed by atoms with Gasteiger partial charge in [-0.05, 0) is 65.1 Å². The third-order valence-corrected chi connectivity index (χ3v) is 7.10. The maximum Gasteiger partial charge on any atom is 0.341 e. The topological polar surface area (TPSA) is 46.5 Å². The molecule has 1 N–H and O–H groups in total. The van der Waals surface area contributed by atoms with Crippen LogP contribution in [-0.2, 0) is 4.79 Å². The molecule has 4 aromatic rings. The van der Waals surface area contributed by atoms with Gasteiger partial charge in [0.05, 0.1) is 0 Å². The summed E-state index contributed by atoms with van der Waals surface area (Å²) in [6, 6.07) is 34.2. The zero-order valence-electron chi connectivity index (χ0n) is 20.1. The summed E-state index contributed by atoms with van der Waals surface area (Å²) in [5, 5.41) is 8.84. The Kier molecular flexibility index (Phi) is 8.33. The molecule has 0 radical (unpaired) electrons. The number of carboxylic acids is 1. The fourth-order valence-electron chi connectivity index (χ4n) is 4.17. The smallest absolute Gasteiger partial charge is 0.341 e. The first-order chi connectivity index (χ1) is 17.0. The molecule has 5 heteroatoms. The molecule has 0 aliphatic rings. The van der Waals surface area contributed by atoms with E-state index in [2.05, 4.69) is 86.7 Å². The maximum absolute atomic E-state index is 10.8. The summed E-state index contributed by atoms with van der Waals surface area (Å²) in [5.74, 6) is 0.926. The van der Waals surface area contributed by atoms with E-state index in [4.69, 9.17) is 9.84 Å². The summed E-state index contributed by atoms with van der Waals surface area (Å²) >= 11 is 1.82. The van der Waals surface area contributed by atoms with Gasteiger partial charge < -0.3 is 9.84 Å². The summed E-state index contributed by atoms with van der Waals surface area (Å²) in [4.78, 5) is 11.9. The summed E-state index contributed by atoms with van der Waals surface area (Å²) < 4.78 is 5.35. The lowest BCUT2D eigenvalue weighted by Gasteiger charge is -2.19. The van der Waals surface area contributed by atoms with Gasteiger partial charge in [-0.3, -0.25) is 0 Å². The maximum atomic E-state index is 10.8. The standard InChI is InChI=1S/C30H29BO3S/c1-21-19-27(15-16-29(21)34-20-30(32)33)35-18-17-28(25-11-13-26(31)14-12-25)24-9-7-23(8-10-24)22-5-3-2-4-6-22/h2-16,19,28H,17-18,20,31H2,1H3,(H,32,33). The lowest BCUT2D eigenvalue weighted by atomic mass is 9.86. The van der Waals surface area contributed by atoms with Crippen LogP contribution in [0.5, 0.6) is 5.75 Å². The molecule has 0 aliphatic carbocycles. The van der Waals surface area contributed by atoms with Crippen LogP contribution in [0.3, 0.4) is 0 Å². The van der Waals surface area contributed by atoms with Crippen molar-refractivity contribution in [1.29, 1.82) is 0 Å². The van der Waals surface area contributed by atoms with E-state index >= 15 is 0 Å². The zero-order valence-corrected chi connectivity index (χ0v) is 20.9. The van der Waals surface area contributed by atoms with E-state index in [1.807, 2.05) is 36.9 Å². The third kappa shape index (κ3) is 6.80. The molecule has 0 saturated carbocycles. The first-order valence-corrected chi connectivity index (χ1v) is 12.8. The average molecular weight is 480 g/mol. The van der Waals surface area contributed by atoms with Crippen molar-refractivity contribution in [3.63, 3.8) is 0 Å². The van der Waals surface area contributed by atoms with Crippen molar-refractivity contribution in [2.75, 3.05) is 12.4 Å². The second-order valence-corrected chi connectivity index (χ2v) is 9.87. The molecule has 0 aromatic heterocycles. The average Bonchev–Trinajstić information content (AvgIpc) is 2.87. The summed E-state index contributed by atoms with van der Waals surface area (Å²) in [5.41, 5.74) is 7.32. The lowest BCUT2D eigenvalue weighted by Crippen LogP contribution is -2.10. The first kappa shape index (κ1) is 24.7. The number of carboxylic acid groups (broad SMARTS) is 1. The van der Waals surface area contributed by atoms with Gasteiger partial charge in [-0.25, -0.2) is 4.79 Å². The van der Waals surface area contributed by atoms with Crippen LogP contribution in [0, 0.1) is 6.92 Å².